The van der Waals surface area contributed by atoms with Gasteiger partial charge in [0, 0.05) is 0 Å². The van der Waals surface area contributed by atoms with Crippen LogP contribution in [0.5, 0.6) is 0 Å². The molecule has 6 heavy (non-hydrogen) atoms. The summed E-state index contributed by atoms with van der Waals surface area (Å²) in [6.45, 7) is 3.72. The van der Waals surface area contributed by atoms with Gasteiger partial charge in [-0.25, -0.2) is 0 Å². The highest BCUT2D eigenvalue weighted by molar-refractivity contribution is 4.42. The molecule has 0 aromatic heterocycles. The van der Waals surface area contributed by atoms with Gasteiger partial charge in [-0.1, -0.05) is 20.3 Å². The van der Waals surface area contributed by atoms with Gasteiger partial charge in [0.1, 0.15) is 0 Å². The van der Waals surface area contributed by atoms with Crippen LogP contribution in [-0.2, 0) is 0 Å². The van der Waals surface area contributed by atoms with E-state index >= 15 is 0 Å². The molecule has 0 aromatic carbocycles. The number of halogens is 1. The average Bonchev–Trinajstić information content (AvgIpc) is 1.65. The van der Waals surface area contributed by atoms with E-state index in [4.69, 9.17) is 0 Å². The van der Waals surface area contributed by atoms with Gasteiger partial charge < -0.3 is 0 Å². The molecule has 0 heterocycles. The largest absolute Gasteiger partial charge is 0.251 e. The molecule has 0 saturated heterocycles. The van der Waals surface area contributed by atoms with Crippen LogP contribution in [0.4, 0.5) is 4.39 Å². The van der Waals surface area contributed by atoms with Gasteiger partial charge in [-0.3, -0.25) is 4.39 Å². The van der Waals surface area contributed by atoms with E-state index in [2.05, 4.69) is 0 Å². The molecular formula is C5H11F. The van der Waals surface area contributed by atoms with Crippen LogP contribution in [0.2, 0.25) is 0 Å². The van der Waals surface area contributed by atoms with E-state index in [1.165, 1.54) is 0 Å². The number of hydrogen-bond donors (Lipinski definition) is 0. The van der Waals surface area contributed by atoms with Crippen molar-refractivity contribution in [1.29, 1.82) is 0 Å². The zero-order chi connectivity index (χ0) is 4.99. The van der Waals surface area contributed by atoms with E-state index in [0.29, 0.717) is 0 Å². The Morgan fingerprint density at radius 2 is 2.17 bits per heavy atom. The van der Waals surface area contributed by atoms with E-state index in [1.807, 2.05) is 13.8 Å². The minimum atomic E-state index is -0.170. The first-order valence-electron chi connectivity index (χ1n) is 2.37. The van der Waals surface area contributed by atoms with Crippen molar-refractivity contribution in [3.8, 4) is 0 Å². The Labute approximate surface area is 38.4 Å². The molecule has 0 N–H and O–H groups in total. The van der Waals surface area contributed by atoms with Crippen LogP contribution in [0, 0.1) is 5.92 Å². The topological polar surface area (TPSA) is 0 Å². The first-order chi connectivity index (χ1) is 2.81. The minimum Gasteiger partial charge on any atom is -0.251 e. The van der Waals surface area contributed by atoms with E-state index in [9.17, 15) is 4.39 Å². The summed E-state index contributed by atoms with van der Waals surface area (Å²) in [5.41, 5.74) is 0. The summed E-state index contributed by atoms with van der Waals surface area (Å²) in [4.78, 5) is 0. The highest BCUT2D eigenvalue weighted by Gasteiger charge is 1.92. The number of alkyl halides is 1. The first kappa shape index (κ1) is 5.93. The Balaban J connectivity index is 2.75. The molecule has 0 bridgehead atoms. The first-order valence-corrected chi connectivity index (χ1v) is 2.37. The molecule has 0 aliphatic carbocycles. The summed E-state index contributed by atoms with van der Waals surface area (Å²) in [7, 11) is 0. The Morgan fingerprint density at radius 3 is 2.17 bits per heavy atom. The standard InChI is InChI=1S/C5H11F/c1-3-5(2)4-6/h5H,3-4H2,1-2H3. The Bertz CT molecular complexity index is 23.1. The highest BCUT2D eigenvalue weighted by atomic mass is 19.1. The summed E-state index contributed by atoms with van der Waals surface area (Å²) in [6.07, 6.45) is 0.955. The maximum Gasteiger partial charge on any atom is 0.0919 e. The normalized spacial score (nSPS) is 14.5. The van der Waals surface area contributed by atoms with Gasteiger partial charge in [-0.05, 0) is 5.92 Å². The van der Waals surface area contributed by atoms with Gasteiger partial charge in [0.15, 0.2) is 0 Å². The van der Waals surface area contributed by atoms with Crippen molar-refractivity contribution >= 4 is 0 Å². The van der Waals surface area contributed by atoms with E-state index in [-0.39, 0.29) is 12.6 Å². The lowest BCUT2D eigenvalue weighted by Gasteiger charge is -1.95. The zero-order valence-corrected chi connectivity index (χ0v) is 4.37. The lowest BCUT2D eigenvalue weighted by atomic mass is 10.1. The van der Waals surface area contributed by atoms with Gasteiger partial charge in [0.05, 0.1) is 6.67 Å². The van der Waals surface area contributed by atoms with Gasteiger partial charge in [0.25, 0.3) is 0 Å². The molecule has 0 radical (unpaired) electrons. The fraction of sp³-hybridized carbons (Fsp3) is 1.00. The number of hydrogen-bond acceptors (Lipinski definition) is 0. The second-order valence-corrected chi connectivity index (χ2v) is 1.67. The maximum atomic E-state index is 11.4. The molecule has 0 aliphatic heterocycles. The van der Waals surface area contributed by atoms with Gasteiger partial charge in [-0.2, -0.15) is 0 Å². The average molecular weight is 90.1 g/mol. The zero-order valence-electron chi connectivity index (χ0n) is 4.37. The molecule has 1 atom stereocenters. The monoisotopic (exact) mass is 90.1 g/mol. The predicted octanol–water partition coefficient (Wildman–Crippen LogP) is 2.00. The Hall–Kier alpha value is -0.0700. The van der Waals surface area contributed by atoms with Crippen molar-refractivity contribution in [2.24, 2.45) is 5.92 Å². The summed E-state index contributed by atoms with van der Waals surface area (Å²) in [5, 5.41) is 0. The van der Waals surface area contributed by atoms with Crippen LogP contribution in [0.15, 0.2) is 0 Å². The molecule has 0 spiro atoms. The maximum absolute atomic E-state index is 11.4. The van der Waals surface area contributed by atoms with Crippen LogP contribution < -0.4 is 0 Å². The van der Waals surface area contributed by atoms with E-state index in [1.54, 1.807) is 0 Å². The van der Waals surface area contributed by atoms with E-state index < -0.39 is 0 Å². The molecule has 0 nitrogen and oxygen atoms in total. The van der Waals surface area contributed by atoms with Crippen molar-refractivity contribution in [3.63, 3.8) is 0 Å². The predicted molar refractivity (Wildman–Crippen MR) is 25.4 cm³/mol. The van der Waals surface area contributed by atoms with Crippen LogP contribution >= 0.6 is 0 Å². The molecular weight excluding hydrogens is 79.1 g/mol. The summed E-state index contributed by atoms with van der Waals surface area (Å²) in [6, 6.07) is 0. The van der Waals surface area contributed by atoms with Crippen molar-refractivity contribution in [2.75, 3.05) is 6.67 Å². The van der Waals surface area contributed by atoms with Gasteiger partial charge in [-0.15, -0.1) is 0 Å². The van der Waals surface area contributed by atoms with Gasteiger partial charge in [0.2, 0.25) is 0 Å². The third-order valence-corrected chi connectivity index (χ3v) is 0.960. The lowest BCUT2D eigenvalue weighted by molar-refractivity contribution is 0.375. The SMILES string of the molecule is CCC(C)CF. The van der Waals surface area contributed by atoms with Crippen molar-refractivity contribution < 1.29 is 4.39 Å². The fourth-order valence-electron chi connectivity index (χ4n) is 0.109. The Morgan fingerprint density at radius 1 is 1.67 bits per heavy atom. The van der Waals surface area contributed by atoms with Crippen molar-refractivity contribution in [1.82, 2.24) is 0 Å². The second kappa shape index (κ2) is 3.13. The van der Waals surface area contributed by atoms with Crippen LogP contribution in [-0.4, -0.2) is 6.67 Å². The molecule has 0 rings (SSSR count). The molecule has 0 aromatic rings. The summed E-state index contributed by atoms with van der Waals surface area (Å²) >= 11 is 0. The van der Waals surface area contributed by atoms with Crippen molar-refractivity contribution in [3.05, 3.63) is 0 Å². The van der Waals surface area contributed by atoms with E-state index in [0.717, 1.165) is 6.42 Å². The molecule has 1 heteroatoms. The smallest absolute Gasteiger partial charge is 0.0919 e. The quantitative estimate of drug-likeness (QED) is 0.486. The van der Waals surface area contributed by atoms with Crippen LogP contribution in [0.25, 0.3) is 0 Å². The second-order valence-electron chi connectivity index (χ2n) is 1.67. The molecule has 0 saturated carbocycles. The third kappa shape index (κ3) is 2.18. The minimum absolute atomic E-state index is 0.170. The van der Waals surface area contributed by atoms with Gasteiger partial charge >= 0.3 is 0 Å². The number of rotatable bonds is 2. The third-order valence-electron chi connectivity index (χ3n) is 0.960. The van der Waals surface area contributed by atoms with Crippen LogP contribution in [0.1, 0.15) is 20.3 Å². The molecule has 38 valence electrons. The molecule has 0 amide bonds. The molecule has 0 fully saturated rings. The fourth-order valence-corrected chi connectivity index (χ4v) is 0.109. The van der Waals surface area contributed by atoms with Crippen molar-refractivity contribution in [2.45, 2.75) is 20.3 Å². The summed E-state index contributed by atoms with van der Waals surface area (Å²) in [5.74, 6) is 0.269. The highest BCUT2D eigenvalue weighted by Crippen LogP contribution is 1.98. The Kier molecular flexibility index (Phi) is 3.10. The molecule has 0 aliphatic rings. The summed E-state index contributed by atoms with van der Waals surface area (Å²) < 4.78 is 11.4. The lowest BCUT2D eigenvalue weighted by Crippen LogP contribution is -1.91. The van der Waals surface area contributed by atoms with Crippen LogP contribution in [0.3, 0.4) is 0 Å². The molecule has 1 unspecified atom stereocenters.